The van der Waals surface area contributed by atoms with Crippen molar-refractivity contribution in [2.24, 2.45) is 17.6 Å². The minimum atomic E-state index is -4.21. The van der Waals surface area contributed by atoms with Crippen molar-refractivity contribution in [1.82, 2.24) is 0 Å². The Labute approximate surface area is 133 Å². The standard InChI is InChI=1S/C15H19F3N2O.ClH/c16-15(17,18)12-3-1-2-11(8-12)14(21)20-13-6-4-10(9-19)5-7-13;/h4-7,11-12H,1-3,8-9,19H2,(H,20,21);1H. The summed E-state index contributed by atoms with van der Waals surface area (Å²) in [5, 5.41) is 2.69. The summed E-state index contributed by atoms with van der Waals surface area (Å²) in [7, 11) is 0. The normalized spacial score (nSPS) is 21.8. The second kappa shape index (κ2) is 7.83. The average Bonchev–Trinajstić information content (AvgIpc) is 2.47. The quantitative estimate of drug-likeness (QED) is 0.880. The average molecular weight is 337 g/mol. The van der Waals surface area contributed by atoms with E-state index in [1.165, 1.54) is 0 Å². The van der Waals surface area contributed by atoms with E-state index < -0.39 is 18.0 Å². The lowest BCUT2D eigenvalue weighted by atomic mass is 9.80. The van der Waals surface area contributed by atoms with E-state index in [9.17, 15) is 18.0 Å². The first-order chi connectivity index (χ1) is 9.90. The maximum atomic E-state index is 12.7. The van der Waals surface area contributed by atoms with Gasteiger partial charge in [-0.2, -0.15) is 13.2 Å². The zero-order valence-corrected chi connectivity index (χ0v) is 12.8. The second-order valence-electron chi connectivity index (χ2n) is 5.49. The Kier molecular flexibility index (Phi) is 6.68. The largest absolute Gasteiger partial charge is 0.391 e. The summed E-state index contributed by atoms with van der Waals surface area (Å²) in [5.74, 6) is -2.26. The molecule has 2 rings (SSSR count). The molecule has 0 heterocycles. The molecule has 0 spiro atoms. The molecule has 0 radical (unpaired) electrons. The lowest BCUT2D eigenvalue weighted by Crippen LogP contribution is -2.34. The van der Waals surface area contributed by atoms with Crippen molar-refractivity contribution in [3.8, 4) is 0 Å². The summed E-state index contributed by atoms with van der Waals surface area (Å²) in [6, 6.07) is 7.00. The summed E-state index contributed by atoms with van der Waals surface area (Å²) in [6.45, 7) is 0.407. The number of rotatable bonds is 3. The zero-order chi connectivity index (χ0) is 15.5. The summed E-state index contributed by atoms with van der Waals surface area (Å²) in [5.41, 5.74) is 7.00. The molecule has 124 valence electrons. The van der Waals surface area contributed by atoms with E-state index in [1.54, 1.807) is 24.3 Å². The zero-order valence-electron chi connectivity index (χ0n) is 12.0. The number of anilines is 1. The van der Waals surface area contributed by atoms with Gasteiger partial charge in [-0.3, -0.25) is 4.79 Å². The Bertz CT molecular complexity index is 491. The minimum absolute atomic E-state index is 0. The van der Waals surface area contributed by atoms with E-state index in [2.05, 4.69) is 5.32 Å². The van der Waals surface area contributed by atoms with Gasteiger partial charge in [0.05, 0.1) is 5.92 Å². The Morgan fingerprint density at radius 1 is 1.23 bits per heavy atom. The fourth-order valence-corrected chi connectivity index (χ4v) is 2.69. The summed E-state index contributed by atoms with van der Waals surface area (Å²) >= 11 is 0. The highest BCUT2D eigenvalue weighted by Crippen LogP contribution is 2.40. The van der Waals surface area contributed by atoms with Crippen LogP contribution >= 0.6 is 12.4 Å². The van der Waals surface area contributed by atoms with Gasteiger partial charge in [0.15, 0.2) is 0 Å². The summed E-state index contributed by atoms with van der Waals surface area (Å²) in [4.78, 5) is 12.1. The molecule has 2 unspecified atom stereocenters. The van der Waals surface area contributed by atoms with Crippen LogP contribution in [0.4, 0.5) is 18.9 Å². The van der Waals surface area contributed by atoms with Gasteiger partial charge in [0.1, 0.15) is 0 Å². The predicted octanol–water partition coefficient (Wildman–Crippen LogP) is 3.87. The molecule has 2 atom stereocenters. The number of amides is 1. The van der Waals surface area contributed by atoms with E-state index >= 15 is 0 Å². The lowest BCUT2D eigenvalue weighted by Gasteiger charge is -2.29. The molecule has 0 bridgehead atoms. The number of nitrogens with one attached hydrogen (secondary N) is 1. The highest BCUT2D eigenvalue weighted by atomic mass is 35.5. The van der Waals surface area contributed by atoms with Crippen LogP contribution in [0.1, 0.15) is 31.2 Å². The van der Waals surface area contributed by atoms with Crippen molar-refractivity contribution in [2.45, 2.75) is 38.4 Å². The van der Waals surface area contributed by atoms with Gasteiger partial charge in [-0.05, 0) is 37.0 Å². The molecule has 3 nitrogen and oxygen atoms in total. The van der Waals surface area contributed by atoms with Crippen LogP contribution in [0.15, 0.2) is 24.3 Å². The molecule has 22 heavy (non-hydrogen) atoms. The van der Waals surface area contributed by atoms with Crippen LogP contribution < -0.4 is 11.1 Å². The molecule has 1 amide bonds. The molecule has 1 aromatic carbocycles. The highest BCUT2D eigenvalue weighted by Gasteiger charge is 2.43. The van der Waals surface area contributed by atoms with E-state index in [4.69, 9.17) is 5.73 Å². The molecule has 0 aliphatic heterocycles. The molecule has 0 aromatic heterocycles. The van der Waals surface area contributed by atoms with Crippen LogP contribution in [0, 0.1) is 11.8 Å². The Morgan fingerprint density at radius 3 is 2.41 bits per heavy atom. The number of carbonyl (C=O) groups excluding carboxylic acids is 1. The smallest absolute Gasteiger partial charge is 0.326 e. The van der Waals surface area contributed by atoms with Crippen molar-refractivity contribution in [2.75, 3.05) is 5.32 Å². The van der Waals surface area contributed by atoms with Gasteiger partial charge in [-0.1, -0.05) is 18.6 Å². The van der Waals surface area contributed by atoms with Crippen LogP contribution in [0.25, 0.3) is 0 Å². The topological polar surface area (TPSA) is 55.1 Å². The highest BCUT2D eigenvalue weighted by molar-refractivity contribution is 5.92. The van der Waals surface area contributed by atoms with Crippen molar-refractivity contribution in [3.63, 3.8) is 0 Å². The Balaban J connectivity index is 0.00000242. The number of nitrogens with two attached hydrogens (primary N) is 1. The number of halogens is 4. The third kappa shape index (κ3) is 4.88. The van der Waals surface area contributed by atoms with Crippen molar-refractivity contribution in [3.05, 3.63) is 29.8 Å². The number of hydrogen-bond acceptors (Lipinski definition) is 2. The maximum absolute atomic E-state index is 12.7. The van der Waals surface area contributed by atoms with Gasteiger partial charge in [-0.15, -0.1) is 12.4 Å². The lowest BCUT2D eigenvalue weighted by molar-refractivity contribution is -0.185. The summed E-state index contributed by atoms with van der Waals surface area (Å²) in [6.07, 6.45) is -3.25. The Morgan fingerprint density at radius 2 is 1.86 bits per heavy atom. The van der Waals surface area contributed by atoms with Crippen LogP contribution in [-0.4, -0.2) is 12.1 Å². The van der Waals surface area contributed by atoms with E-state index in [-0.39, 0.29) is 31.2 Å². The maximum Gasteiger partial charge on any atom is 0.391 e. The van der Waals surface area contributed by atoms with Crippen molar-refractivity contribution >= 4 is 24.0 Å². The van der Waals surface area contributed by atoms with E-state index in [1.807, 2.05) is 0 Å². The molecular weight excluding hydrogens is 317 g/mol. The van der Waals surface area contributed by atoms with Crippen LogP contribution in [-0.2, 0) is 11.3 Å². The van der Waals surface area contributed by atoms with Gasteiger partial charge in [0.25, 0.3) is 0 Å². The number of carbonyl (C=O) groups is 1. The van der Waals surface area contributed by atoms with Crippen LogP contribution in [0.2, 0.25) is 0 Å². The fourth-order valence-electron chi connectivity index (χ4n) is 2.69. The molecule has 1 aliphatic rings. The predicted molar refractivity (Wildman–Crippen MR) is 81.7 cm³/mol. The first kappa shape index (κ1) is 18.8. The monoisotopic (exact) mass is 336 g/mol. The van der Waals surface area contributed by atoms with Gasteiger partial charge in [0, 0.05) is 18.2 Å². The van der Waals surface area contributed by atoms with Crippen LogP contribution in [0.5, 0.6) is 0 Å². The molecule has 1 fully saturated rings. The number of benzene rings is 1. The van der Waals surface area contributed by atoms with Crippen LogP contribution in [0.3, 0.4) is 0 Å². The first-order valence-electron chi connectivity index (χ1n) is 7.06. The first-order valence-corrected chi connectivity index (χ1v) is 7.06. The third-order valence-corrected chi connectivity index (χ3v) is 3.97. The second-order valence-corrected chi connectivity index (χ2v) is 5.49. The minimum Gasteiger partial charge on any atom is -0.326 e. The molecule has 1 aromatic rings. The molecule has 1 saturated carbocycles. The van der Waals surface area contributed by atoms with Gasteiger partial charge in [0.2, 0.25) is 5.91 Å². The number of hydrogen-bond donors (Lipinski definition) is 2. The molecular formula is C15H20ClF3N2O. The van der Waals surface area contributed by atoms with Gasteiger partial charge < -0.3 is 11.1 Å². The van der Waals surface area contributed by atoms with Gasteiger partial charge >= 0.3 is 6.18 Å². The molecule has 0 saturated heterocycles. The Hall–Kier alpha value is -1.27. The van der Waals surface area contributed by atoms with E-state index in [0.29, 0.717) is 25.1 Å². The van der Waals surface area contributed by atoms with Gasteiger partial charge in [-0.25, -0.2) is 0 Å². The third-order valence-electron chi connectivity index (χ3n) is 3.97. The number of alkyl halides is 3. The molecule has 1 aliphatic carbocycles. The SMILES string of the molecule is Cl.NCc1ccc(NC(=O)C2CCCC(C(F)(F)F)C2)cc1. The van der Waals surface area contributed by atoms with Crippen molar-refractivity contribution < 1.29 is 18.0 Å². The van der Waals surface area contributed by atoms with E-state index in [0.717, 1.165) is 5.56 Å². The molecule has 7 heteroatoms. The summed E-state index contributed by atoms with van der Waals surface area (Å²) < 4.78 is 38.2. The van der Waals surface area contributed by atoms with Crippen molar-refractivity contribution in [1.29, 1.82) is 0 Å². The molecule has 3 N–H and O–H groups in total. The fraction of sp³-hybridized carbons (Fsp3) is 0.533.